The van der Waals surface area contributed by atoms with E-state index in [1.165, 1.54) is 51.4 Å². The van der Waals surface area contributed by atoms with Crippen LogP contribution < -0.4 is 0 Å². The fraction of sp³-hybridized carbons (Fsp3) is 1.00. The molecule has 2 fully saturated rings. The summed E-state index contributed by atoms with van der Waals surface area (Å²) >= 11 is 0. The van der Waals surface area contributed by atoms with Gasteiger partial charge in [-0.15, -0.1) is 0 Å². The summed E-state index contributed by atoms with van der Waals surface area (Å²) in [6.07, 6.45) is 12.1. The molecule has 2 unspecified atom stereocenters. The Bertz CT molecular complexity index is 165. The summed E-state index contributed by atoms with van der Waals surface area (Å²) in [4.78, 5) is 0. The smallest absolute Gasteiger partial charge is 0.0295 e. The Morgan fingerprint density at radius 2 is 1.62 bits per heavy atom. The fourth-order valence-corrected chi connectivity index (χ4v) is 3.91. The van der Waals surface area contributed by atoms with Crippen LogP contribution in [0.15, 0.2) is 0 Å². The second-order valence-electron chi connectivity index (χ2n) is 5.73. The van der Waals surface area contributed by atoms with Gasteiger partial charge >= 0.3 is 0 Å². The van der Waals surface area contributed by atoms with Gasteiger partial charge in [0.25, 0.3) is 0 Å². The minimum atomic E-state index is 0.730. The van der Waals surface area contributed by atoms with Crippen molar-refractivity contribution in [3.05, 3.63) is 0 Å². The molecule has 2 saturated carbocycles. The zero-order valence-corrected chi connectivity index (χ0v) is 9.31. The summed E-state index contributed by atoms with van der Waals surface area (Å²) in [5, 5.41) is 0. The minimum Gasteiger partial charge on any atom is -0.0622 e. The van der Waals surface area contributed by atoms with E-state index in [4.69, 9.17) is 0 Å². The van der Waals surface area contributed by atoms with Crippen molar-refractivity contribution in [1.82, 2.24) is 0 Å². The molecule has 0 nitrogen and oxygen atoms in total. The maximum atomic E-state index is 2.57. The fourth-order valence-electron chi connectivity index (χ4n) is 3.91. The molecule has 0 amide bonds. The third kappa shape index (κ3) is 1.78. The van der Waals surface area contributed by atoms with Gasteiger partial charge in [0, 0.05) is 0 Å². The summed E-state index contributed by atoms with van der Waals surface area (Å²) in [6, 6.07) is 0. The van der Waals surface area contributed by atoms with E-state index in [0.29, 0.717) is 0 Å². The van der Waals surface area contributed by atoms with Gasteiger partial charge in [0.2, 0.25) is 0 Å². The molecule has 2 aliphatic rings. The van der Waals surface area contributed by atoms with E-state index in [9.17, 15) is 0 Å². The molecule has 2 aliphatic carbocycles. The quantitative estimate of drug-likeness (QED) is 0.561. The Labute approximate surface area is 83.1 Å². The molecule has 2 rings (SSSR count). The van der Waals surface area contributed by atoms with Crippen molar-refractivity contribution in [1.29, 1.82) is 0 Å². The van der Waals surface area contributed by atoms with E-state index in [0.717, 1.165) is 17.3 Å². The van der Waals surface area contributed by atoms with Crippen molar-refractivity contribution in [2.75, 3.05) is 0 Å². The Kier molecular flexibility index (Phi) is 2.67. The van der Waals surface area contributed by atoms with Crippen LogP contribution in [0.2, 0.25) is 0 Å². The van der Waals surface area contributed by atoms with Crippen LogP contribution in [0.4, 0.5) is 0 Å². The lowest BCUT2D eigenvalue weighted by atomic mass is 9.64. The van der Waals surface area contributed by atoms with E-state index in [-0.39, 0.29) is 0 Å². The van der Waals surface area contributed by atoms with Crippen LogP contribution in [-0.2, 0) is 0 Å². The van der Waals surface area contributed by atoms with Gasteiger partial charge in [0.1, 0.15) is 0 Å². The third-order valence-electron chi connectivity index (χ3n) is 4.75. The van der Waals surface area contributed by atoms with E-state index in [1.54, 1.807) is 0 Å². The molecule has 0 saturated heterocycles. The molecule has 0 spiro atoms. The van der Waals surface area contributed by atoms with Crippen LogP contribution in [0.1, 0.15) is 65.2 Å². The molecule has 0 N–H and O–H groups in total. The normalized spacial score (nSPS) is 39.2. The van der Waals surface area contributed by atoms with Crippen LogP contribution in [0, 0.1) is 17.3 Å². The van der Waals surface area contributed by atoms with Crippen molar-refractivity contribution < 1.29 is 0 Å². The lowest BCUT2D eigenvalue weighted by Crippen LogP contribution is -2.31. The van der Waals surface area contributed by atoms with E-state index in [2.05, 4.69) is 13.8 Å². The number of rotatable bonds is 1. The predicted molar refractivity (Wildman–Crippen MR) is 57.7 cm³/mol. The Morgan fingerprint density at radius 3 is 2.15 bits per heavy atom. The van der Waals surface area contributed by atoms with Gasteiger partial charge in [-0.1, -0.05) is 46.0 Å². The molecule has 0 aromatic heterocycles. The highest BCUT2D eigenvalue weighted by atomic mass is 14.4. The molecule has 0 aromatic rings. The van der Waals surface area contributed by atoms with Crippen molar-refractivity contribution in [3.8, 4) is 0 Å². The molecule has 0 heterocycles. The topological polar surface area (TPSA) is 0 Å². The van der Waals surface area contributed by atoms with E-state index in [1.807, 2.05) is 0 Å². The Balaban J connectivity index is 2.03. The molecule has 76 valence electrons. The van der Waals surface area contributed by atoms with Crippen LogP contribution in [0.3, 0.4) is 0 Å². The maximum Gasteiger partial charge on any atom is -0.0295 e. The first-order valence-corrected chi connectivity index (χ1v) is 6.22. The van der Waals surface area contributed by atoms with Gasteiger partial charge in [0.05, 0.1) is 0 Å². The number of hydrogen-bond acceptors (Lipinski definition) is 0. The lowest BCUT2D eigenvalue weighted by Gasteiger charge is -2.41. The molecular weight excluding hydrogens is 156 g/mol. The largest absolute Gasteiger partial charge is 0.0622 e. The second-order valence-corrected chi connectivity index (χ2v) is 5.73. The zero-order valence-electron chi connectivity index (χ0n) is 9.31. The Hall–Kier alpha value is 0. The van der Waals surface area contributed by atoms with Crippen LogP contribution >= 0.6 is 0 Å². The molecule has 0 heteroatoms. The minimum absolute atomic E-state index is 0.730. The summed E-state index contributed by atoms with van der Waals surface area (Å²) in [6.45, 7) is 5.05. The first-order chi connectivity index (χ1) is 6.22. The molecule has 0 aromatic carbocycles. The SMILES string of the molecule is CC1CCCC1C1(C)CCCCC1. The summed E-state index contributed by atoms with van der Waals surface area (Å²) in [7, 11) is 0. The van der Waals surface area contributed by atoms with Crippen molar-refractivity contribution in [2.45, 2.75) is 65.2 Å². The monoisotopic (exact) mass is 180 g/mol. The van der Waals surface area contributed by atoms with Gasteiger partial charge in [-0.05, 0) is 36.5 Å². The summed E-state index contributed by atoms with van der Waals surface area (Å²) < 4.78 is 0. The third-order valence-corrected chi connectivity index (χ3v) is 4.75. The molecular formula is C13H24. The van der Waals surface area contributed by atoms with E-state index >= 15 is 0 Å². The van der Waals surface area contributed by atoms with Crippen molar-refractivity contribution in [3.63, 3.8) is 0 Å². The average Bonchev–Trinajstić information content (AvgIpc) is 2.53. The number of hydrogen-bond donors (Lipinski definition) is 0. The highest BCUT2D eigenvalue weighted by Crippen LogP contribution is 2.50. The molecule has 0 aliphatic heterocycles. The highest BCUT2D eigenvalue weighted by Gasteiger charge is 2.40. The van der Waals surface area contributed by atoms with E-state index < -0.39 is 0 Å². The average molecular weight is 180 g/mol. The van der Waals surface area contributed by atoms with Crippen molar-refractivity contribution in [2.24, 2.45) is 17.3 Å². The van der Waals surface area contributed by atoms with Gasteiger partial charge in [-0.3, -0.25) is 0 Å². The summed E-state index contributed by atoms with van der Waals surface area (Å²) in [5.41, 5.74) is 0.730. The first kappa shape index (κ1) is 9.55. The standard InChI is InChI=1S/C13H24/c1-11-7-6-8-12(11)13(2)9-4-3-5-10-13/h11-12H,3-10H2,1-2H3. The van der Waals surface area contributed by atoms with Gasteiger partial charge in [0.15, 0.2) is 0 Å². The highest BCUT2D eigenvalue weighted by molar-refractivity contribution is 4.90. The van der Waals surface area contributed by atoms with Gasteiger partial charge < -0.3 is 0 Å². The molecule has 13 heavy (non-hydrogen) atoms. The molecule has 2 atom stereocenters. The second kappa shape index (κ2) is 3.63. The van der Waals surface area contributed by atoms with Crippen LogP contribution in [0.5, 0.6) is 0 Å². The van der Waals surface area contributed by atoms with Crippen molar-refractivity contribution >= 4 is 0 Å². The summed E-state index contributed by atoms with van der Waals surface area (Å²) in [5.74, 6) is 2.08. The van der Waals surface area contributed by atoms with Gasteiger partial charge in [-0.25, -0.2) is 0 Å². The predicted octanol–water partition coefficient (Wildman–Crippen LogP) is 4.39. The molecule has 0 radical (unpaired) electrons. The van der Waals surface area contributed by atoms with Crippen LogP contribution in [0.25, 0.3) is 0 Å². The van der Waals surface area contributed by atoms with Crippen LogP contribution in [-0.4, -0.2) is 0 Å². The maximum absolute atomic E-state index is 2.57. The van der Waals surface area contributed by atoms with Gasteiger partial charge in [-0.2, -0.15) is 0 Å². The zero-order chi connectivity index (χ0) is 9.31. The Morgan fingerprint density at radius 1 is 0.923 bits per heavy atom. The molecule has 0 bridgehead atoms. The lowest BCUT2D eigenvalue weighted by molar-refractivity contribution is 0.0942. The first-order valence-electron chi connectivity index (χ1n) is 6.22.